The normalized spacial score (nSPS) is 26.8. The third-order valence-corrected chi connectivity index (χ3v) is 6.39. The molecule has 1 saturated heterocycles. The molecule has 29 heavy (non-hydrogen) atoms. The number of carbonyl (C=O) groups is 3. The molecule has 146 valence electrons. The van der Waals surface area contributed by atoms with E-state index in [1.54, 1.807) is 0 Å². The van der Waals surface area contributed by atoms with E-state index in [1.165, 1.54) is 0 Å². The van der Waals surface area contributed by atoms with Crippen molar-refractivity contribution in [1.29, 1.82) is 0 Å². The largest absolute Gasteiger partial charge is 0.324 e. The number of rotatable bonds is 5. The molecule has 1 aliphatic heterocycles. The van der Waals surface area contributed by atoms with Crippen LogP contribution in [0.3, 0.4) is 0 Å². The van der Waals surface area contributed by atoms with Crippen LogP contribution in [0.4, 0.5) is 5.69 Å². The summed E-state index contributed by atoms with van der Waals surface area (Å²) in [5.41, 5.74) is 2.85. The standard InChI is InChI=1S/C24H22N2O3/c27-20(14-26-23(28)21-17-10-11-18(13-17)22(21)24(26)29)25-19-9-5-4-8-16(19)12-15-6-2-1-3-7-15/h1-11,17-18,21-22H,12-14H2,(H,25,27). The van der Waals surface area contributed by atoms with Crippen LogP contribution in [0, 0.1) is 23.7 Å². The first-order valence-electron chi connectivity index (χ1n) is 10.1. The minimum absolute atomic E-state index is 0.154. The molecule has 3 amide bonds. The van der Waals surface area contributed by atoms with Crippen LogP contribution in [0.15, 0.2) is 66.7 Å². The van der Waals surface area contributed by atoms with Crippen LogP contribution < -0.4 is 5.32 Å². The predicted molar refractivity (Wildman–Crippen MR) is 109 cm³/mol. The number of carbonyl (C=O) groups excluding carboxylic acids is 3. The van der Waals surface area contributed by atoms with Crippen LogP contribution in [0.5, 0.6) is 0 Å². The summed E-state index contributed by atoms with van der Waals surface area (Å²) in [5.74, 6) is -0.949. The molecular weight excluding hydrogens is 364 g/mol. The fraction of sp³-hybridized carbons (Fsp3) is 0.292. The average molecular weight is 386 g/mol. The summed E-state index contributed by atoms with van der Waals surface area (Å²) < 4.78 is 0. The van der Waals surface area contributed by atoms with E-state index >= 15 is 0 Å². The number of hydrogen-bond donors (Lipinski definition) is 1. The lowest BCUT2D eigenvalue weighted by Crippen LogP contribution is -2.39. The third-order valence-electron chi connectivity index (χ3n) is 6.39. The summed E-state index contributed by atoms with van der Waals surface area (Å²) in [6.45, 7) is -0.218. The maximum absolute atomic E-state index is 12.8. The van der Waals surface area contributed by atoms with Crippen molar-refractivity contribution in [2.24, 2.45) is 23.7 Å². The highest BCUT2D eigenvalue weighted by Gasteiger charge is 2.59. The molecule has 4 atom stereocenters. The lowest BCUT2D eigenvalue weighted by atomic mass is 9.85. The average Bonchev–Trinajstić information content (AvgIpc) is 3.40. The second-order valence-electron chi connectivity index (χ2n) is 8.13. The van der Waals surface area contributed by atoms with Crippen LogP contribution >= 0.6 is 0 Å². The van der Waals surface area contributed by atoms with Gasteiger partial charge in [-0.05, 0) is 41.9 Å². The Morgan fingerprint density at radius 2 is 1.52 bits per heavy atom. The highest BCUT2D eigenvalue weighted by Crippen LogP contribution is 2.52. The van der Waals surface area contributed by atoms with E-state index in [9.17, 15) is 14.4 Å². The maximum Gasteiger partial charge on any atom is 0.244 e. The fourth-order valence-electron chi connectivity index (χ4n) is 5.07. The Hall–Kier alpha value is -3.21. The number of para-hydroxylation sites is 1. The Kier molecular flexibility index (Phi) is 4.31. The molecule has 1 heterocycles. The number of hydrogen-bond acceptors (Lipinski definition) is 3. The molecule has 5 nitrogen and oxygen atoms in total. The van der Waals surface area contributed by atoms with Gasteiger partial charge in [0.15, 0.2) is 0 Å². The molecule has 1 saturated carbocycles. The third kappa shape index (κ3) is 3.07. The molecule has 5 rings (SSSR count). The van der Waals surface area contributed by atoms with Gasteiger partial charge in [0.05, 0.1) is 11.8 Å². The van der Waals surface area contributed by atoms with Gasteiger partial charge in [-0.2, -0.15) is 0 Å². The summed E-state index contributed by atoms with van der Waals surface area (Å²) in [6.07, 6.45) is 5.69. The second kappa shape index (κ2) is 6.99. The predicted octanol–water partition coefficient (Wildman–Crippen LogP) is 3.02. The number of nitrogens with one attached hydrogen (secondary N) is 1. The Bertz CT molecular complexity index is 984. The van der Waals surface area contributed by atoms with Crippen LogP contribution in [0.1, 0.15) is 17.5 Å². The molecule has 2 bridgehead atoms. The van der Waals surface area contributed by atoms with E-state index in [0.29, 0.717) is 12.1 Å². The van der Waals surface area contributed by atoms with Crippen LogP contribution in [-0.2, 0) is 20.8 Å². The van der Waals surface area contributed by atoms with Gasteiger partial charge in [0.25, 0.3) is 0 Å². The number of likely N-dealkylation sites (tertiary alicyclic amines) is 1. The molecule has 4 unspecified atom stereocenters. The van der Waals surface area contributed by atoms with Crippen LogP contribution in [0.2, 0.25) is 0 Å². The fourth-order valence-corrected chi connectivity index (χ4v) is 5.07. The van der Waals surface area contributed by atoms with Gasteiger partial charge in [-0.25, -0.2) is 0 Å². The van der Waals surface area contributed by atoms with Crippen molar-refractivity contribution < 1.29 is 14.4 Å². The van der Waals surface area contributed by atoms with Gasteiger partial charge < -0.3 is 5.32 Å². The number of allylic oxidation sites excluding steroid dienone is 2. The topological polar surface area (TPSA) is 66.5 Å². The Labute approximate surface area is 169 Å². The van der Waals surface area contributed by atoms with Gasteiger partial charge in [-0.3, -0.25) is 19.3 Å². The number of fused-ring (bicyclic) bond motifs is 5. The summed E-state index contributed by atoms with van der Waals surface area (Å²) in [5, 5.41) is 2.90. The molecule has 1 N–H and O–H groups in total. The van der Waals surface area contributed by atoms with Crippen molar-refractivity contribution in [2.75, 3.05) is 11.9 Å². The van der Waals surface area contributed by atoms with Crippen molar-refractivity contribution >= 4 is 23.4 Å². The summed E-state index contributed by atoms with van der Waals surface area (Å²) >= 11 is 0. The van der Waals surface area contributed by atoms with E-state index in [0.717, 1.165) is 22.4 Å². The smallest absolute Gasteiger partial charge is 0.244 e. The summed E-state index contributed by atoms with van der Waals surface area (Å²) in [7, 11) is 0. The van der Waals surface area contributed by atoms with Gasteiger partial charge >= 0.3 is 0 Å². The van der Waals surface area contributed by atoms with Crippen molar-refractivity contribution in [3.63, 3.8) is 0 Å². The van der Waals surface area contributed by atoms with E-state index in [1.807, 2.05) is 54.6 Å². The molecule has 2 aromatic rings. The minimum Gasteiger partial charge on any atom is -0.324 e. The Morgan fingerprint density at radius 1 is 0.897 bits per heavy atom. The maximum atomic E-state index is 12.8. The van der Waals surface area contributed by atoms with Crippen molar-refractivity contribution in [2.45, 2.75) is 12.8 Å². The number of imide groups is 1. The van der Waals surface area contributed by atoms with Crippen molar-refractivity contribution in [1.82, 2.24) is 4.90 Å². The molecule has 2 aromatic carbocycles. The first kappa shape index (κ1) is 17.9. The van der Waals surface area contributed by atoms with E-state index in [-0.39, 0.29) is 47.9 Å². The van der Waals surface area contributed by atoms with Gasteiger partial charge in [-0.1, -0.05) is 60.7 Å². The highest BCUT2D eigenvalue weighted by atomic mass is 16.2. The zero-order valence-electron chi connectivity index (χ0n) is 16.0. The molecular formula is C24H22N2O3. The number of nitrogens with zero attached hydrogens (tertiary/aromatic N) is 1. The second-order valence-corrected chi connectivity index (χ2v) is 8.13. The SMILES string of the molecule is O=C(CN1C(=O)C2C3C=CC(C3)C2C1=O)Nc1ccccc1Cc1ccccc1. The first-order valence-corrected chi connectivity index (χ1v) is 10.1. The highest BCUT2D eigenvalue weighted by molar-refractivity contribution is 6.09. The molecule has 0 aromatic heterocycles. The van der Waals surface area contributed by atoms with Gasteiger partial charge in [0.2, 0.25) is 17.7 Å². The van der Waals surface area contributed by atoms with E-state index in [4.69, 9.17) is 0 Å². The van der Waals surface area contributed by atoms with Crippen molar-refractivity contribution in [3.05, 3.63) is 77.9 Å². The van der Waals surface area contributed by atoms with Gasteiger partial charge in [-0.15, -0.1) is 0 Å². The molecule has 2 aliphatic carbocycles. The number of anilines is 1. The van der Waals surface area contributed by atoms with Crippen LogP contribution in [0.25, 0.3) is 0 Å². The molecule has 0 spiro atoms. The van der Waals surface area contributed by atoms with E-state index < -0.39 is 0 Å². The molecule has 5 heteroatoms. The van der Waals surface area contributed by atoms with Crippen molar-refractivity contribution in [3.8, 4) is 0 Å². The first-order chi connectivity index (χ1) is 14.1. The molecule has 0 radical (unpaired) electrons. The molecule has 2 fully saturated rings. The monoisotopic (exact) mass is 386 g/mol. The molecule has 3 aliphatic rings. The minimum atomic E-state index is -0.340. The Balaban J connectivity index is 1.29. The van der Waals surface area contributed by atoms with Gasteiger partial charge in [0, 0.05) is 5.69 Å². The van der Waals surface area contributed by atoms with E-state index in [2.05, 4.69) is 17.5 Å². The Morgan fingerprint density at radius 3 is 2.21 bits per heavy atom. The van der Waals surface area contributed by atoms with Gasteiger partial charge in [0.1, 0.15) is 6.54 Å². The summed E-state index contributed by atoms with van der Waals surface area (Å²) in [6, 6.07) is 17.7. The zero-order chi connectivity index (χ0) is 20.0. The lowest BCUT2D eigenvalue weighted by molar-refractivity contribution is -0.143. The summed E-state index contributed by atoms with van der Waals surface area (Å²) in [4.78, 5) is 39.4. The quantitative estimate of drug-likeness (QED) is 0.635. The number of benzene rings is 2. The number of amides is 3. The lowest BCUT2D eigenvalue weighted by Gasteiger charge is -2.18. The van der Waals surface area contributed by atoms with Crippen LogP contribution in [-0.4, -0.2) is 29.2 Å². The zero-order valence-corrected chi connectivity index (χ0v) is 16.0.